The first-order valence-corrected chi connectivity index (χ1v) is 9.93. The Morgan fingerprint density at radius 2 is 1.93 bits per heavy atom. The molecular weight excluding hydrogens is 356 g/mol. The second-order valence-corrected chi connectivity index (χ2v) is 7.54. The summed E-state index contributed by atoms with van der Waals surface area (Å²) in [5.74, 6) is 1.01. The van der Waals surface area contributed by atoms with Crippen molar-refractivity contribution in [3.8, 4) is 5.75 Å². The number of furan rings is 1. The Balaban J connectivity index is 1.39. The zero-order valence-corrected chi connectivity index (χ0v) is 16.2. The lowest BCUT2D eigenvalue weighted by Crippen LogP contribution is -2.44. The molecule has 2 fully saturated rings. The van der Waals surface area contributed by atoms with Crippen molar-refractivity contribution in [2.24, 2.45) is 5.92 Å². The van der Waals surface area contributed by atoms with Crippen LogP contribution in [-0.2, 0) is 4.79 Å². The zero-order chi connectivity index (χ0) is 19.5. The van der Waals surface area contributed by atoms with Crippen molar-refractivity contribution in [2.45, 2.75) is 31.7 Å². The molecule has 0 saturated carbocycles. The second kappa shape index (κ2) is 8.09. The van der Waals surface area contributed by atoms with Crippen LogP contribution in [0.3, 0.4) is 0 Å². The Kier molecular flexibility index (Phi) is 5.37. The maximum atomic E-state index is 13.2. The predicted octanol–water partition coefficient (Wildman–Crippen LogP) is 3.50. The summed E-state index contributed by atoms with van der Waals surface area (Å²) >= 11 is 0. The fraction of sp³-hybridized carbons (Fsp3) is 0.455. The van der Waals surface area contributed by atoms with Crippen molar-refractivity contribution < 1.29 is 18.7 Å². The number of likely N-dealkylation sites (tertiary alicyclic amines) is 2. The maximum Gasteiger partial charge on any atom is 0.257 e. The molecule has 28 heavy (non-hydrogen) atoms. The van der Waals surface area contributed by atoms with Crippen molar-refractivity contribution in [3.05, 3.63) is 54.0 Å². The van der Waals surface area contributed by atoms with Crippen LogP contribution in [0.15, 0.2) is 47.3 Å². The molecule has 1 unspecified atom stereocenters. The smallest absolute Gasteiger partial charge is 0.257 e. The van der Waals surface area contributed by atoms with E-state index in [-0.39, 0.29) is 23.8 Å². The number of methoxy groups -OCH3 is 1. The summed E-state index contributed by atoms with van der Waals surface area (Å²) in [4.78, 5) is 29.5. The third-order valence-corrected chi connectivity index (χ3v) is 5.91. The highest BCUT2D eigenvalue weighted by atomic mass is 16.5. The summed E-state index contributed by atoms with van der Waals surface area (Å²) in [5, 5.41) is 0. The molecule has 2 aliphatic rings. The highest BCUT2D eigenvalue weighted by Gasteiger charge is 2.36. The Bertz CT molecular complexity index is 825. The fourth-order valence-corrected chi connectivity index (χ4v) is 4.36. The second-order valence-electron chi connectivity index (χ2n) is 7.54. The normalized spacial score (nSPS) is 20.4. The number of benzene rings is 1. The third-order valence-electron chi connectivity index (χ3n) is 5.91. The van der Waals surface area contributed by atoms with Gasteiger partial charge in [0.25, 0.3) is 5.91 Å². The van der Waals surface area contributed by atoms with Crippen LogP contribution in [0.1, 0.15) is 47.6 Å². The molecule has 0 bridgehead atoms. The molecule has 0 N–H and O–H groups in total. The van der Waals surface area contributed by atoms with Gasteiger partial charge < -0.3 is 19.0 Å². The van der Waals surface area contributed by atoms with E-state index in [1.54, 1.807) is 13.2 Å². The van der Waals surface area contributed by atoms with Gasteiger partial charge in [-0.05, 0) is 49.4 Å². The van der Waals surface area contributed by atoms with Gasteiger partial charge in [0.05, 0.1) is 25.0 Å². The molecule has 2 aromatic rings. The predicted molar refractivity (Wildman–Crippen MR) is 104 cm³/mol. The minimum atomic E-state index is -0.0184. The standard InChI is InChI=1S/C22H26N2O4/c1-27-19-5-2-4-17(14-19)20-6-3-10-24(20)22(26)16-7-11-23(12-8-16)21(25)18-9-13-28-15-18/h2,4-5,9,13-16,20H,3,6-8,10-12H2,1H3. The van der Waals surface area contributed by atoms with Gasteiger partial charge in [-0.1, -0.05) is 12.1 Å². The molecule has 0 aliphatic carbocycles. The Morgan fingerprint density at radius 3 is 2.64 bits per heavy atom. The Morgan fingerprint density at radius 1 is 1.11 bits per heavy atom. The number of hydrogen-bond donors (Lipinski definition) is 0. The summed E-state index contributed by atoms with van der Waals surface area (Å²) in [5.41, 5.74) is 1.71. The zero-order valence-electron chi connectivity index (χ0n) is 16.2. The van der Waals surface area contributed by atoms with E-state index in [2.05, 4.69) is 6.07 Å². The van der Waals surface area contributed by atoms with Crippen LogP contribution in [0.2, 0.25) is 0 Å². The first-order chi connectivity index (χ1) is 13.7. The lowest BCUT2D eigenvalue weighted by Gasteiger charge is -2.35. The topological polar surface area (TPSA) is 63.0 Å². The summed E-state index contributed by atoms with van der Waals surface area (Å²) in [6.07, 6.45) is 6.41. The van der Waals surface area contributed by atoms with Gasteiger partial charge in [0.1, 0.15) is 12.0 Å². The monoisotopic (exact) mass is 382 g/mol. The van der Waals surface area contributed by atoms with E-state index >= 15 is 0 Å². The molecule has 2 saturated heterocycles. The maximum absolute atomic E-state index is 13.2. The molecule has 0 spiro atoms. The van der Waals surface area contributed by atoms with Crippen LogP contribution in [0, 0.1) is 5.92 Å². The molecule has 4 rings (SSSR count). The van der Waals surface area contributed by atoms with Gasteiger partial charge >= 0.3 is 0 Å². The van der Waals surface area contributed by atoms with Crippen LogP contribution in [0.5, 0.6) is 5.75 Å². The highest BCUT2D eigenvalue weighted by Crippen LogP contribution is 2.35. The molecular formula is C22H26N2O4. The number of carbonyl (C=O) groups excluding carboxylic acids is 2. The van der Waals surface area contributed by atoms with Gasteiger partial charge in [0.2, 0.25) is 5.91 Å². The number of nitrogens with zero attached hydrogens (tertiary/aromatic N) is 2. The SMILES string of the molecule is COc1cccc(C2CCCN2C(=O)C2CCN(C(=O)c3ccoc3)CC2)c1. The van der Waals surface area contributed by atoms with Gasteiger partial charge in [-0.3, -0.25) is 9.59 Å². The van der Waals surface area contributed by atoms with Crippen molar-refractivity contribution in [3.63, 3.8) is 0 Å². The van der Waals surface area contributed by atoms with Crippen molar-refractivity contribution in [2.75, 3.05) is 26.7 Å². The summed E-state index contributed by atoms with van der Waals surface area (Å²) in [7, 11) is 1.66. The first-order valence-electron chi connectivity index (χ1n) is 9.93. The molecule has 0 radical (unpaired) electrons. The lowest BCUT2D eigenvalue weighted by molar-refractivity contribution is -0.137. The number of hydrogen-bond acceptors (Lipinski definition) is 4. The first kappa shape index (κ1) is 18.6. The molecule has 6 nitrogen and oxygen atoms in total. The Hall–Kier alpha value is -2.76. The minimum absolute atomic E-state index is 0.0143. The van der Waals surface area contributed by atoms with Gasteiger partial charge in [0, 0.05) is 25.6 Å². The van der Waals surface area contributed by atoms with E-state index in [0.717, 1.165) is 30.7 Å². The third kappa shape index (κ3) is 3.63. The van der Waals surface area contributed by atoms with E-state index in [1.807, 2.05) is 28.0 Å². The van der Waals surface area contributed by atoms with Gasteiger partial charge in [0.15, 0.2) is 0 Å². The minimum Gasteiger partial charge on any atom is -0.497 e. The van der Waals surface area contributed by atoms with Crippen LogP contribution in [0.25, 0.3) is 0 Å². The largest absolute Gasteiger partial charge is 0.497 e. The van der Waals surface area contributed by atoms with Crippen LogP contribution < -0.4 is 4.74 Å². The number of piperidine rings is 1. The summed E-state index contributed by atoms with van der Waals surface area (Å²) in [6, 6.07) is 9.82. The molecule has 3 heterocycles. The average molecular weight is 382 g/mol. The summed E-state index contributed by atoms with van der Waals surface area (Å²) < 4.78 is 10.4. The number of rotatable bonds is 4. The number of carbonyl (C=O) groups is 2. The van der Waals surface area contributed by atoms with Crippen molar-refractivity contribution in [1.82, 2.24) is 9.80 Å². The fourth-order valence-electron chi connectivity index (χ4n) is 4.36. The molecule has 1 aromatic heterocycles. The van der Waals surface area contributed by atoms with Gasteiger partial charge in [-0.15, -0.1) is 0 Å². The van der Waals surface area contributed by atoms with Gasteiger partial charge in [-0.25, -0.2) is 0 Å². The summed E-state index contributed by atoms with van der Waals surface area (Å²) in [6.45, 7) is 2.02. The van der Waals surface area contributed by atoms with Crippen LogP contribution in [-0.4, -0.2) is 48.4 Å². The highest BCUT2D eigenvalue weighted by molar-refractivity contribution is 5.94. The molecule has 2 amide bonds. The van der Waals surface area contributed by atoms with Crippen molar-refractivity contribution >= 4 is 11.8 Å². The van der Waals surface area contributed by atoms with Crippen LogP contribution >= 0.6 is 0 Å². The average Bonchev–Trinajstić information content (AvgIpc) is 3.45. The van der Waals surface area contributed by atoms with Crippen LogP contribution in [0.4, 0.5) is 0 Å². The van der Waals surface area contributed by atoms with E-state index in [1.165, 1.54) is 12.5 Å². The molecule has 1 aromatic carbocycles. The molecule has 1 atom stereocenters. The number of amides is 2. The Labute approximate surface area is 165 Å². The molecule has 2 aliphatic heterocycles. The van der Waals surface area contributed by atoms with E-state index in [9.17, 15) is 9.59 Å². The molecule has 148 valence electrons. The quantitative estimate of drug-likeness (QED) is 0.812. The molecule has 6 heteroatoms. The van der Waals surface area contributed by atoms with Crippen molar-refractivity contribution in [1.29, 1.82) is 0 Å². The van der Waals surface area contributed by atoms with E-state index in [4.69, 9.17) is 9.15 Å². The number of ether oxygens (including phenoxy) is 1. The van der Waals surface area contributed by atoms with E-state index < -0.39 is 0 Å². The van der Waals surface area contributed by atoms with E-state index in [0.29, 0.717) is 31.5 Å². The van der Waals surface area contributed by atoms with Gasteiger partial charge in [-0.2, -0.15) is 0 Å². The lowest BCUT2D eigenvalue weighted by atomic mass is 9.94.